The van der Waals surface area contributed by atoms with Gasteiger partial charge in [0.2, 0.25) is 0 Å². The Morgan fingerprint density at radius 3 is 0.800 bits per heavy atom. The fraction of sp³-hybridized carbons (Fsp3) is 0.0976. The molecule has 0 bridgehead atoms. The zero-order chi connectivity index (χ0) is 60.8. The predicted molar refractivity (Wildman–Crippen MR) is 375 cm³/mol. The topological polar surface area (TPSA) is 71.3 Å². The molecule has 0 unspecified atom stereocenters. The van der Waals surface area contributed by atoms with Crippen LogP contribution in [0.2, 0.25) is 0 Å². The van der Waals surface area contributed by atoms with E-state index in [1.807, 2.05) is 6.20 Å². The van der Waals surface area contributed by atoms with Crippen LogP contribution in [-0.2, 0) is 0 Å². The van der Waals surface area contributed by atoms with Gasteiger partial charge in [0.15, 0.2) is 17.5 Å². The van der Waals surface area contributed by atoms with Gasteiger partial charge in [-0.3, -0.25) is 4.98 Å². The number of hydrogen-bond donors (Lipinski definition) is 0. The molecule has 0 spiro atoms. The fourth-order valence-corrected chi connectivity index (χ4v) is 14.5. The standard InChI is InChI=1S/C82H62N8/c1-47-21-29-66-58(38-47)59-39-48(2)22-30-67(59)87(66)76-74(57-20-15-37-83-46-57)77(88-68-31-23-49(3)40-60(68)61-41-50(4)24-32-69(61)88)79(90-72-35-27-53(7)44-64(72)65-45-54(8)28-36-73(65)90)78(89-70-33-25-51(5)42-62(70)63-43-52(6)26-34-71(63)89)75(76)82-85-80(55-16-11-9-12-17-55)84-81(86-82)56-18-13-10-14-19-56/h9-46H,1-8H3. The zero-order valence-corrected chi connectivity index (χ0v) is 51.5. The average molecular weight is 1160 g/mol. The van der Waals surface area contributed by atoms with Crippen LogP contribution in [0.25, 0.3) is 155 Å². The Balaban J connectivity index is 1.27. The van der Waals surface area contributed by atoms with Crippen molar-refractivity contribution in [1.82, 2.24) is 38.2 Å². The number of hydrogen-bond acceptors (Lipinski definition) is 4. The highest BCUT2D eigenvalue weighted by Crippen LogP contribution is 2.55. The van der Waals surface area contributed by atoms with E-state index in [1.165, 1.54) is 55.3 Å². The Bertz CT molecular complexity index is 5570. The van der Waals surface area contributed by atoms with Crippen LogP contribution in [0.1, 0.15) is 44.5 Å². The second-order valence-electron chi connectivity index (χ2n) is 24.9. The summed E-state index contributed by atoms with van der Waals surface area (Å²) in [6, 6.07) is 80.8. The highest BCUT2D eigenvalue weighted by molar-refractivity contribution is 6.19. The summed E-state index contributed by atoms with van der Waals surface area (Å²) in [6.07, 6.45) is 3.95. The molecule has 11 aromatic carbocycles. The van der Waals surface area contributed by atoms with Gasteiger partial charge in [0.25, 0.3) is 0 Å². The number of nitrogens with zero attached hydrogens (tertiary/aromatic N) is 8. The molecule has 0 amide bonds. The summed E-state index contributed by atoms with van der Waals surface area (Å²) < 4.78 is 10.3. The minimum absolute atomic E-state index is 0.509. The normalized spacial score (nSPS) is 12.0. The molecule has 0 radical (unpaired) electrons. The molecule has 0 aliphatic heterocycles. The summed E-state index contributed by atoms with van der Waals surface area (Å²) in [6.45, 7) is 17.6. The molecule has 0 atom stereocenters. The molecule has 8 heteroatoms. The lowest BCUT2D eigenvalue weighted by Gasteiger charge is -2.31. The minimum atomic E-state index is 0.509. The molecule has 17 rings (SSSR count). The average Bonchev–Trinajstić information content (AvgIpc) is 1.37. The molecule has 8 nitrogen and oxygen atoms in total. The van der Waals surface area contributed by atoms with Crippen molar-refractivity contribution in [1.29, 1.82) is 0 Å². The molecule has 0 aliphatic carbocycles. The number of aryl methyl sites for hydroxylation is 8. The highest BCUT2D eigenvalue weighted by Gasteiger charge is 2.37. The lowest BCUT2D eigenvalue weighted by molar-refractivity contribution is 1.02. The van der Waals surface area contributed by atoms with Crippen LogP contribution < -0.4 is 0 Å². The van der Waals surface area contributed by atoms with Crippen molar-refractivity contribution in [2.75, 3.05) is 0 Å². The van der Waals surface area contributed by atoms with Gasteiger partial charge in [-0.15, -0.1) is 0 Å². The van der Waals surface area contributed by atoms with Gasteiger partial charge in [-0.05, 0) is 159 Å². The van der Waals surface area contributed by atoms with Gasteiger partial charge in [0.05, 0.1) is 72.4 Å². The number of aromatic nitrogens is 8. The first kappa shape index (κ1) is 53.1. The van der Waals surface area contributed by atoms with E-state index < -0.39 is 0 Å². The summed E-state index contributed by atoms with van der Waals surface area (Å²) >= 11 is 0. The first-order valence-corrected chi connectivity index (χ1v) is 31.0. The summed E-state index contributed by atoms with van der Waals surface area (Å²) in [5.41, 5.74) is 26.0. The third kappa shape index (κ3) is 8.14. The van der Waals surface area contributed by atoms with E-state index >= 15 is 0 Å². The van der Waals surface area contributed by atoms with Crippen LogP contribution in [0.5, 0.6) is 0 Å². The number of rotatable bonds is 8. The monoisotopic (exact) mass is 1160 g/mol. The van der Waals surface area contributed by atoms with Crippen LogP contribution in [0.15, 0.2) is 231 Å². The number of benzene rings is 11. The van der Waals surface area contributed by atoms with Crippen LogP contribution in [0.4, 0.5) is 0 Å². The van der Waals surface area contributed by atoms with E-state index in [0.717, 1.165) is 127 Å². The second kappa shape index (κ2) is 20.2. The summed E-state index contributed by atoms with van der Waals surface area (Å²) in [4.78, 5) is 22.5. The van der Waals surface area contributed by atoms with E-state index in [-0.39, 0.29) is 0 Å². The van der Waals surface area contributed by atoms with Crippen LogP contribution >= 0.6 is 0 Å². The van der Waals surface area contributed by atoms with E-state index in [9.17, 15) is 0 Å². The highest BCUT2D eigenvalue weighted by atomic mass is 15.1. The van der Waals surface area contributed by atoms with Gasteiger partial charge in [0.1, 0.15) is 0 Å². The van der Waals surface area contributed by atoms with Crippen molar-refractivity contribution >= 4 is 87.2 Å². The maximum atomic E-state index is 5.95. The van der Waals surface area contributed by atoms with Crippen LogP contribution in [0.3, 0.4) is 0 Å². The van der Waals surface area contributed by atoms with Crippen molar-refractivity contribution in [3.05, 3.63) is 275 Å². The third-order valence-electron chi connectivity index (χ3n) is 18.5. The second-order valence-corrected chi connectivity index (χ2v) is 24.9. The predicted octanol–water partition coefficient (Wildman–Crippen LogP) is 20.8. The summed E-state index contributed by atoms with van der Waals surface area (Å²) in [7, 11) is 0. The molecule has 6 aromatic heterocycles. The molecule has 0 saturated carbocycles. The Morgan fingerprint density at radius 2 is 0.500 bits per heavy atom. The molecular weight excluding hydrogens is 1100 g/mol. The van der Waals surface area contributed by atoms with E-state index in [0.29, 0.717) is 17.5 Å². The van der Waals surface area contributed by atoms with Crippen molar-refractivity contribution in [2.45, 2.75) is 55.4 Å². The minimum Gasteiger partial charge on any atom is -0.308 e. The third-order valence-corrected chi connectivity index (χ3v) is 18.5. The smallest absolute Gasteiger partial charge is 0.168 e. The van der Waals surface area contributed by atoms with Gasteiger partial charge in [-0.1, -0.05) is 160 Å². The van der Waals surface area contributed by atoms with Crippen molar-refractivity contribution in [3.63, 3.8) is 0 Å². The van der Waals surface area contributed by atoms with Crippen LogP contribution in [0, 0.1) is 55.4 Å². The lowest BCUT2D eigenvalue weighted by Crippen LogP contribution is -2.17. The zero-order valence-electron chi connectivity index (χ0n) is 51.5. The van der Waals surface area contributed by atoms with Gasteiger partial charge >= 0.3 is 0 Å². The van der Waals surface area contributed by atoms with Gasteiger partial charge in [-0.25, -0.2) is 15.0 Å². The fourth-order valence-electron chi connectivity index (χ4n) is 14.5. The van der Waals surface area contributed by atoms with E-state index in [4.69, 9.17) is 19.9 Å². The summed E-state index contributed by atoms with van der Waals surface area (Å²) in [5.74, 6) is 1.63. The number of fused-ring (bicyclic) bond motifs is 12. The van der Waals surface area contributed by atoms with Crippen molar-refractivity contribution in [2.24, 2.45) is 0 Å². The largest absolute Gasteiger partial charge is 0.308 e. The molecule has 0 saturated heterocycles. The molecule has 90 heavy (non-hydrogen) atoms. The summed E-state index contributed by atoms with van der Waals surface area (Å²) in [5, 5.41) is 9.24. The maximum absolute atomic E-state index is 5.95. The van der Waals surface area contributed by atoms with Crippen molar-refractivity contribution < 1.29 is 0 Å². The van der Waals surface area contributed by atoms with Crippen LogP contribution in [-0.4, -0.2) is 38.2 Å². The molecule has 6 heterocycles. The molecule has 0 N–H and O–H groups in total. The Labute approximate surface area is 521 Å². The van der Waals surface area contributed by atoms with E-state index in [2.05, 4.69) is 298 Å². The lowest BCUT2D eigenvalue weighted by atomic mass is 9.92. The van der Waals surface area contributed by atoms with Gasteiger partial charge < -0.3 is 18.3 Å². The Kier molecular flexibility index (Phi) is 11.9. The Hall–Kier alpha value is -11.2. The quantitative estimate of drug-likeness (QED) is 0.152. The maximum Gasteiger partial charge on any atom is 0.168 e. The van der Waals surface area contributed by atoms with Gasteiger partial charge in [-0.2, -0.15) is 0 Å². The molecule has 0 aliphatic rings. The SMILES string of the molecule is Cc1ccc2c(c1)c1cc(C)ccc1n2-c1c(-c2cccnc2)c(-n2c3ccc(C)cc3c3cc(C)ccc32)c(-n2c3ccc(C)cc3c3cc(C)ccc32)c(-n2c3ccc(C)cc3c3cc(C)ccc32)c1-c1nc(-c2ccccc2)nc(-c2ccccc2)n1. The molecular formula is C82H62N8. The molecule has 17 aromatic rings. The van der Waals surface area contributed by atoms with Gasteiger partial charge in [0, 0.05) is 77.7 Å². The van der Waals surface area contributed by atoms with Crippen molar-refractivity contribution in [3.8, 4) is 68.0 Å². The Morgan fingerprint density at radius 1 is 0.233 bits per heavy atom. The molecule has 430 valence electrons. The first-order chi connectivity index (χ1) is 43.9. The molecule has 0 fully saturated rings. The van der Waals surface area contributed by atoms with E-state index in [1.54, 1.807) is 0 Å². The number of pyridine rings is 1. The first-order valence-electron chi connectivity index (χ1n) is 31.0.